The van der Waals surface area contributed by atoms with E-state index >= 15 is 0 Å². The Kier molecular flexibility index (Phi) is 7.44. The van der Waals surface area contributed by atoms with Crippen LogP contribution in [-0.4, -0.2) is 40.4 Å². The highest BCUT2D eigenvalue weighted by Gasteiger charge is 2.21. The number of carbonyl (C=O) groups is 3. The molecule has 2 amide bonds. The minimum absolute atomic E-state index is 0.0369. The molecule has 0 aliphatic heterocycles. The first-order valence-electron chi connectivity index (χ1n) is 11.0. The van der Waals surface area contributed by atoms with Gasteiger partial charge in [0.05, 0.1) is 17.4 Å². The van der Waals surface area contributed by atoms with E-state index in [1.54, 1.807) is 48.7 Å². The van der Waals surface area contributed by atoms with Gasteiger partial charge in [-0.2, -0.15) is 0 Å². The van der Waals surface area contributed by atoms with Crippen LogP contribution >= 0.6 is 0 Å². The second-order valence-corrected chi connectivity index (χ2v) is 7.77. The van der Waals surface area contributed by atoms with Crippen LogP contribution in [0.15, 0.2) is 67.1 Å². The number of aromatic nitrogens is 2. The number of esters is 1. The van der Waals surface area contributed by atoms with Crippen molar-refractivity contribution in [3.05, 3.63) is 78.2 Å². The summed E-state index contributed by atoms with van der Waals surface area (Å²) in [5.74, 6) is -1.15. The lowest BCUT2D eigenvalue weighted by Crippen LogP contribution is -2.33. The topological polar surface area (TPSA) is 120 Å². The van der Waals surface area contributed by atoms with Gasteiger partial charge < -0.3 is 20.1 Å². The van der Waals surface area contributed by atoms with Gasteiger partial charge >= 0.3 is 5.97 Å². The molecule has 2 N–H and O–H groups in total. The minimum Gasteiger partial charge on any atom is -0.452 e. The number of anilines is 1. The highest BCUT2D eigenvalue weighted by molar-refractivity contribution is 6.04. The number of ether oxygens (including phenoxy) is 2. The van der Waals surface area contributed by atoms with Gasteiger partial charge in [0.25, 0.3) is 11.8 Å². The maximum atomic E-state index is 12.7. The zero-order valence-electron chi connectivity index (χ0n) is 18.4. The zero-order valence-corrected chi connectivity index (χ0v) is 18.4. The van der Waals surface area contributed by atoms with Crippen molar-refractivity contribution in [3.8, 4) is 11.6 Å². The standard InChI is InChI=1S/C25H24N4O5/c30-22(29-21-12-4-3-10-19(21)23(31)28-17-7-1-2-8-17)16-33-25(32)20-11-6-14-27-24(20)34-18-9-5-13-26-15-18/h3-6,9-15,17H,1-2,7-8,16H2,(H,28,31)(H,29,30). The van der Waals surface area contributed by atoms with Crippen molar-refractivity contribution in [3.63, 3.8) is 0 Å². The molecular formula is C25H24N4O5. The summed E-state index contributed by atoms with van der Waals surface area (Å²) < 4.78 is 10.8. The molecule has 0 saturated heterocycles. The van der Waals surface area contributed by atoms with E-state index < -0.39 is 18.5 Å². The van der Waals surface area contributed by atoms with Crippen molar-refractivity contribution >= 4 is 23.5 Å². The van der Waals surface area contributed by atoms with Gasteiger partial charge in [-0.25, -0.2) is 9.78 Å². The second kappa shape index (κ2) is 11.0. The zero-order chi connectivity index (χ0) is 23.8. The molecule has 1 aliphatic carbocycles. The highest BCUT2D eigenvalue weighted by atomic mass is 16.5. The fourth-order valence-corrected chi connectivity index (χ4v) is 3.67. The summed E-state index contributed by atoms with van der Waals surface area (Å²) in [6, 6.07) is 13.3. The molecule has 2 aromatic heterocycles. The summed E-state index contributed by atoms with van der Waals surface area (Å²) in [5, 5.41) is 5.65. The largest absolute Gasteiger partial charge is 0.452 e. The Hall–Kier alpha value is -4.27. The lowest BCUT2D eigenvalue weighted by Gasteiger charge is -2.15. The molecule has 3 aromatic rings. The Morgan fingerprint density at radius 2 is 1.71 bits per heavy atom. The van der Waals surface area contributed by atoms with Crippen molar-refractivity contribution in [1.82, 2.24) is 15.3 Å². The normalized spacial score (nSPS) is 13.2. The van der Waals surface area contributed by atoms with Crippen molar-refractivity contribution in [2.75, 3.05) is 11.9 Å². The number of hydrogen-bond donors (Lipinski definition) is 2. The molecule has 4 rings (SSSR count). The third-order valence-electron chi connectivity index (χ3n) is 5.31. The number of pyridine rings is 2. The molecule has 1 aliphatic rings. The van der Waals surface area contributed by atoms with E-state index in [4.69, 9.17) is 9.47 Å². The van der Waals surface area contributed by atoms with Crippen LogP contribution in [0.2, 0.25) is 0 Å². The third-order valence-corrected chi connectivity index (χ3v) is 5.31. The monoisotopic (exact) mass is 460 g/mol. The van der Waals surface area contributed by atoms with Gasteiger partial charge in [-0.05, 0) is 49.2 Å². The van der Waals surface area contributed by atoms with E-state index in [0.29, 0.717) is 17.0 Å². The third kappa shape index (κ3) is 5.94. The molecule has 0 radical (unpaired) electrons. The average Bonchev–Trinajstić information content (AvgIpc) is 3.37. The number of amides is 2. The predicted octanol–water partition coefficient (Wildman–Crippen LogP) is 3.74. The van der Waals surface area contributed by atoms with E-state index in [9.17, 15) is 14.4 Å². The van der Waals surface area contributed by atoms with Gasteiger partial charge in [0.15, 0.2) is 6.61 Å². The van der Waals surface area contributed by atoms with E-state index in [-0.39, 0.29) is 23.4 Å². The van der Waals surface area contributed by atoms with Gasteiger partial charge in [0.1, 0.15) is 11.3 Å². The van der Waals surface area contributed by atoms with Crippen LogP contribution in [0.4, 0.5) is 5.69 Å². The maximum absolute atomic E-state index is 12.7. The molecule has 1 aromatic carbocycles. The smallest absolute Gasteiger partial charge is 0.344 e. The molecule has 0 unspecified atom stereocenters. The molecular weight excluding hydrogens is 436 g/mol. The van der Waals surface area contributed by atoms with Crippen molar-refractivity contribution in [2.24, 2.45) is 0 Å². The Labute approximate surface area is 196 Å². The lowest BCUT2D eigenvalue weighted by atomic mass is 10.1. The molecule has 1 saturated carbocycles. The van der Waals surface area contributed by atoms with Gasteiger partial charge in [0.2, 0.25) is 5.88 Å². The van der Waals surface area contributed by atoms with E-state index in [0.717, 1.165) is 25.7 Å². The molecule has 174 valence electrons. The summed E-state index contributed by atoms with van der Waals surface area (Å²) in [6.07, 6.45) is 8.66. The van der Waals surface area contributed by atoms with E-state index in [1.807, 2.05) is 0 Å². The minimum atomic E-state index is -0.769. The number of carbonyl (C=O) groups excluding carboxylic acids is 3. The summed E-state index contributed by atoms with van der Waals surface area (Å²) >= 11 is 0. The van der Waals surface area contributed by atoms with Gasteiger partial charge in [0, 0.05) is 18.4 Å². The summed E-state index contributed by atoms with van der Waals surface area (Å²) in [4.78, 5) is 45.7. The highest BCUT2D eigenvalue weighted by Crippen LogP contribution is 2.23. The van der Waals surface area contributed by atoms with Gasteiger partial charge in [-0.3, -0.25) is 14.6 Å². The number of para-hydroxylation sites is 1. The SMILES string of the molecule is O=C(COC(=O)c1cccnc1Oc1cccnc1)Nc1ccccc1C(=O)NC1CCCC1. The number of hydrogen-bond acceptors (Lipinski definition) is 7. The quantitative estimate of drug-likeness (QED) is 0.492. The van der Waals surface area contributed by atoms with E-state index in [1.165, 1.54) is 18.5 Å². The number of benzene rings is 1. The lowest BCUT2D eigenvalue weighted by molar-refractivity contribution is -0.119. The molecule has 1 fully saturated rings. The molecule has 9 heteroatoms. The molecule has 2 heterocycles. The summed E-state index contributed by atoms with van der Waals surface area (Å²) in [5.41, 5.74) is 0.769. The average molecular weight is 460 g/mol. The molecule has 9 nitrogen and oxygen atoms in total. The molecule has 0 bridgehead atoms. The van der Waals surface area contributed by atoms with Crippen molar-refractivity contribution in [2.45, 2.75) is 31.7 Å². The second-order valence-electron chi connectivity index (χ2n) is 7.77. The molecule has 0 spiro atoms. The Balaban J connectivity index is 1.36. The fourth-order valence-electron chi connectivity index (χ4n) is 3.67. The molecule has 0 atom stereocenters. The van der Waals surface area contributed by atoms with Gasteiger partial charge in [-0.15, -0.1) is 0 Å². The van der Waals surface area contributed by atoms with Crippen LogP contribution in [0.5, 0.6) is 11.6 Å². The van der Waals surface area contributed by atoms with Crippen molar-refractivity contribution in [1.29, 1.82) is 0 Å². The van der Waals surface area contributed by atoms with Crippen LogP contribution < -0.4 is 15.4 Å². The van der Waals surface area contributed by atoms with Crippen LogP contribution in [0.25, 0.3) is 0 Å². The summed E-state index contributed by atoms with van der Waals surface area (Å²) in [6.45, 7) is -0.543. The predicted molar refractivity (Wildman–Crippen MR) is 124 cm³/mol. The Morgan fingerprint density at radius 3 is 2.50 bits per heavy atom. The number of nitrogens with one attached hydrogen (secondary N) is 2. The maximum Gasteiger partial charge on any atom is 0.344 e. The first-order chi connectivity index (χ1) is 16.6. The Bertz CT molecular complexity index is 1160. The first-order valence-corrected chi connectivity index (χ1v) is 11.0. The van der Waals surface area contributed by atoms with Gasteiger partial charge in [-0.1, -0.05) is 25.0 Å². The van der Waals surface area contributed by atoms with E-state index in [2.05, 4.69) is 20.6 Å². The Morgan fingerprint density at radius 1 is 0.941 bits per heavy atom. The van der Waals surface area contributed by atoms with Crippen LogP contribution in [0.3, 0.4) is 0 Å². The van der Waals surface area contributed by atoms with Crippen LogP contribution in [-0.2, 0) is 9.53 Å². The molecule has 34 heavy (non-hydrogen) atoms. The van der Waals surface area contributed by atoms with Crippen LogP contribution in [0.1, 0.15) is 46.4 Å². The fraction of sp³-hybridized carbons (Fsp3) is 0.240. The summed E-state index contributed by atoms with van der Waals surface area (Å²) in [7, 11) is 0. The van der Waals surface area contributed by atoms with Crippen molar-refractivity contribution < 1.29 is 23.9 Å². The number of nitrogens with zero attached hydrogens (tertiary/aromatic N) is 2. The first kappa shape index (κ1) is 22.9. The van der Waals surface area contributed by atoms with Crippen LogP contribution in [0, 0.1) is 0 Å². The number of rotatable bonds is 8.